The van der Waals surface area contributed by atoms with Crippen molar-refractivity contribution in [2.45, 2.75) is 32.2 Å². The van der Waals surface area contributed by atoms with Gasteiger partial charge in [-0.05, 0) is 17.9 Å². The first kappa shape index (κ1) is 10.8. The van der Waals surface area contributed by atoms with Gasteiger partial charge in [0.25, 0.3) is 0 Å². The van der Waals surface area contributed by atoms with Gasteiger partial charge in [-0.3, -0.25) is 0 Å². The Balaban J connectivity index is 2.02. The van der Waals surface area contributed by atoms with Crippen LogP contribution in [0.2, 0.25) is 0 Å². The topological polar surface area (TPSA) is 42.7 Å². The van der Waals surface area contributed by atoms with E-state index in [0.29, 0.717) is 12.0 Å². The lowest BCUT2D eigenvalue weighted by Gasteiger charge is -2.23. The average molecular weight is 248 g/mol. The molecular weight excluding hydrogens is 232 g/mol. The van der Waals surface area contributed by atoms with Crippen LogP contribution < -0.4 is 5.32 Å². The summed E-state index contributed by atoms with van der Waals surface area (Å²) in [6.07, 6.45) is 1.08. The molecule has 0 fully saturated rings. The predicted octanol–water partition coefficient (Wildman–Crippen LogP) is 2.87. The smallest absolute Gasteiger partial charge is 0.222 e. The van der Waals surface area contributed by atoms with Crippen molar-refractivity contribution >= 4 is 17.3 Å². The number of rotatable bonds is 2. The van der Waals surface area contributed by atoms with Crippen LogP contribution in [0.25, 0.3) is 0 Å². The van der Waals surface area contributed by atoms with E-state index in [1.807, 2.05) is 4.68 Å². The fourth-order valence-electron chi connectivity index (χ4n) is 2.11. The normalized spacial score (nSPS) is 19.1. The Kier molecular flexibility index (Phi) is 2.63. The first-order valence-electron chi connectivity index (χ1n) is 5.99. The van der Waals surface area contributed by atoms with Crippen LogP contribution in [0.5, 0.6) is 0 Å². The maximum absolute atomic E-state index is 4.64. The van der Waals surface area contributed by atoms with Gasteiger partial charge in [0.2, 0.25) is 5.95 Å². The second-order valence-corrected chi connectivity index (χ2v) is 5.62. The van der Waals surface area contributed by atoms with Gasteiger partial charge in [-0.1, -0.05) is 19.9 Å². The van der Waals surface area contributed by atoms with Crippen molar-refractivity contribution < 1.29 is 0 Å². The Bertz CT molecular complexity index is 501. The van der Waals surface area contributed by atoms with E-state index in [9.17, 15) is 0 Å². The molecule has 1 N–H and O–H groups in total. The number of nitrogens with zero attached hydrogens (tertiary/aromatic N) is 3. The first-order chi connectivity index (χ1) is 8.25. The van der Waals surface area contributed by atoms with E-state index in [0.717, 1.165) is 24.7 Å². The lowest BCUT2D eigenvalue weighted by molar-refractivity contribution is 0.482. The standard InChI is InChI=1S/C12H16N4S/c1-8(2)11-14-12-13-6-5-9(16(12)15-11)10-4-3-7-17-10/h3-4,7-9H,5-6H2,1-2H3,(H,13,14,15). The third-order valence-electron chi connectivity index (χ3n) is 3.03. The van der Waals surface area contributed by atoms with E-state index < -0.39 is 0 Å². The number of anilines is 1. The summed E-state index contributed by atoms with van der Waals surface area (Å²) in [4.78, 5) is 5.92. The Morgan fingerprint density at radius 2 is 2.41 bits per heavy atom. The zero-order chi connectivity index (χ0) is 11.8. The number of aromatic nitrogens is 3. The zero-order valence-corrected chi connectivity index (χ0v) is 10.9. The highest BCUT2D eigenvalue weighted by Gasteiger charge is 2.25. The molecule has 0 aliphatic carbocycles. The van der Waals surface area contributed by atoms with Gasteiger partial charge in [-0.25, -0.2) is 4.68 Å². The molecule has 3 rings (SSSR count). The third kappa shape index (κ3) is 1.84. The van der Waals surface area contributed by atoms with E-state index in [4.69, 9.17) is 0 Å². The van der Waals surface area contributed by atoms with Gasteiger partial charge in [0.15, 0.2) is 5.82 Å². The van der Waals surface area contributed by atoms with E-state index in [1.165, 1.54) is 4.88 Å². The lowest BCUT2D eigenvalue weighted by atomic mass is 10.1. The number of nitrogens with one attached hydrogen (secondary N) is 1. The average Bonchev–Trinajstić information content (AvgIpc) is 2.97. The fourth-order valence-corrected chi connectivity index (χ4v) is 2.96. The van der Waals surface area contributed by atoms with E-state index in [2.05, 4.69) is 46.8 Å². The molecule has 0 aromatic carbocycles. The van der Waals surface area contributed by atoms with Gasteiger partial charge in [0.05, 0.1) is 6.04 Å². The highest BCUT2D eigenvalue weighted by molar-refractivity contribution is 7.10. The summed E-state index contributed by atoms with van der Waals surface area (Å²) >= 11 is 1.79. The van der Waals surface area contributed by atoms with Crippen LogP contribution in [0.3, 0.4) is 0 Å². The predicted molar refractivity (Wildman–Crippen MR) is 69.7 cm³/mol. The van der Waals surface area contributed by atoms with Crippen molar-refractivity contribution in [2.75, 3.05) is 11.9 Å². The molecule has 4 nitrogen and oxygen atoms in total. The zero-order valence-electron chi connectivity index (χ0n) is 10.1. The van der Waals surface area contributed by atoms with Gasteiger partial charge in [0, 0.05) is 17.3 Å². The third-order valence-corrected chi connectivity index (χ3v) is 4.01. The van der Waals surface area contributed by atoms with E-state index >= 15 is 0 Å². The maximum Gasteiger partial charge on any atom is 0.222 e. The van der Waals surface area contributed by atoms with Crippen LogP contribution in [-0.4, -0.2) is 21.3 Å². The largest absolute Gasteiger partial charge is 0.354 e. The van der Waals surface area contributed by atoms with E-state index in [1.54, 1.807) is 11.3 Å². The van der Waals surface area contributed by atoms with Crippen LogP contribution in [0.15, 0.2) is 17.5 Å². The molecule has 3 heterocycles. The lowest BCUT2D eigenvalue weighted by Crippen LogP contribution is -2.24. The van der Waals surface area contributed by atoms with Gasteiger partial charge >= 0.3 is 0 Å². The van der Waals surface area contributed by atoms with Crippen LogP contribution in [0, 0.1) is 0 Å². The van der Waals surface area contributed by atoms with Crippen LogP contribution in [-0.2, 0) is 0 Å². The van der Waals surface area contributed by atoms with Crippen molar-refractivity contribution in [3.8, 4) is 0 Å². The molecular formula is C12H16N4S. The minimum Gasteiger partial charge on any atom is -0.354 e. The molecule has 1 unspecified atom stereocenters. The monoisotopic (exact) mass is 248 g/mol. The number of thiophene rings is 1. The molecule has 1 atom stereocenters. The summed E-state index contributed by atoms with van der Waals surface area (Å²) in [5, 5.41) is 10.1. The summed E-state index contributed by atoms with van der Waals surface area (Å²) in [5.41, 5.74) is 0. The Labute approximate surface area is 105 Å². The number of hydrogen-bond donors (Lipinski definition) is 1. The van der Waals surface area contributed by atoms with Crippen molar-refractivity contribution in [3.63, 3.8) is 0 Å². The van der Waals surface area contributed by atoms with Crippen molar-refractivity contribution in [2.24, 2.45) is 0 Å². The first-order valence-corrected chi connectivity index (χ1v) is 6.87. The summed E-state index contributed by atoms with van der Waals surface area (Å²) in [5.74, 6) is 2.22. The van der Waals surface area contributed by atoms with Gasteiger partial charge in [-0.2, -0.15) is 10.1 Å². The molecule has 0 amide bonds. The fraction of sp³-hybridized carbons (Fsp3) is 0.500. The second-order valence-electron chi connectivity index (χ2n) is 4.64. The molecule has 1 aliphatic rings. The van der Waals surface area contributed by atoms with Gasteiger partial charge < -0.3 is 5.32 Å². The molecule has 17 heavy (non-hydrogen) atoms. The molecule has 0 saturated carbocycles. The van der Waals surface area contributed by atoms with Crippen LogP contribution in [0.4, 0.5) is 5.95 Å². The minimum atomic E-state index is 0.353. The molecule has 0 radical (unpaired) electrons. The molecule has 0 spiro atoms. The molecule has 2 aromatic rings. The molecule has 90 valence electrons. The summed E-state index contributed by atoms with van der Waals surface area (Å²) < 4.78 is 2.05. The SMILES string of the molecule is CC(C)c1nc2n(n1)C(c1cccs1)CCN2. The highest BCUT2D eigenvalue weighted by Crippen LogP contribution is 2.31. The van der Waals surface area contributed by atoms with Crippen molar-refractivity contribution in [1.29, 1.82) is 0 Å². The molecule has 1 aliphatic heterocycles. The Morgan fingerprint density at radius 3 is 3.12 bits per heavy atom. The molecule has 0 bridgehead atoms. The second kappa shape index (κ2) is 4.14. The Hall–Kier alpha value is -1.36. The van der Waals surface area contributed by atoms with Crippen molar-refractivity contribution in [3.05, 3.63) is 28.2 Å². The molecule has 5 heteroatoms. The quantitative estimate of drug-likeness (QED) is 0.888. The minimum absolute atomic E-state index is 0.353. The summed E-state index contributed by atoms with van der Waals surface area (Å²) in [7, 11) is 0. The van der Waals surface area contributed by atoms with E-state index in [-0.39, 0.29) is 0 Å². The summed E-state index contributed by atoms with van der Waals surface area (Å²) in [6.45, 7) is 5.22. The van der Waals surface area contributed by atoms with Crippen LogP contribution >= 0.6 is 11.3 Å². The Morgan fingerprint density at radius 1 is 1.53 bits per heavy atom. The molecule has 2 aromatic heterocycles. The van der Waals surface area contributed by atoms with Gasteiger partial charge in [0.1, 0.15) is 0 Å². The maximum atomic E-state index is 4.64. The van der Waals surface area contributed by atoms with Crippen molar-refractivity contribution in [1.82, 2.24) is 14.8 Å². The van der Waals surface area contributed by atoms with Gasteiger partial charge in [-0.15, -0.1) is 11.3 Å². The molecule has 0 saturated heterocycles. The number of hydrogen-bond acceptors (Lipinski definition) is 4. The van der Waals surface area contributed by atoms with Crippen LogP contribution in [0.1, 0.15) is 42.9 Å². The highest BCUT2D eigenvalue weighted by atomic mass is 32.1. The number of fused-ring (bicyclic) bond motifs is 1. The summed E-state index contributed by atoms with van der Waals surface area (Å²) in [6, 6.07) is 4.63.